The number of nitrogens with zero attached hydrogens (tertiary/aromatic N) is 1. The molecule has 64 valence electrons. The third kappa shape index (κ3) is 4.49. The second-order valence-electron chi connectivity index (χ2n) is 1.92. The summed E-state index contributed by atoms with van der Waals surface area (Å²) in [7, 11) is 0. The first-order valence-corrected chi connectivity index (χ1v) is 5.07. The van der Waals surface area contributed by atoms with Crippen molar-refractivity contribution in [2.75, 3.05) is 12.0 Å². The van der Waals surface area contributed by atoms with Gasteiger partial charge >= 0.3 is 5.97 Å². The van der Waals surface area contributed by atoms with Gasteiger partial charge in [-0.15, -0.1) is 0 Å². The van der Waals surface area contributed by atoms with Crippen molar-refractivity contribution >= 4 is 43.0 Å². The molecule has 0 fully saturated rings. The van der Waals surface area contributed by atoms with Gasteiger partial charge in [-0.2, -0.15) is 11.8 Å². The van der Waals surface area contributed by atoms with Crippen molar-refractivity contribution in [1.29, 1.82) is 0 Å². The first-order valence-electron chi connectivity index (χ1n) is 2.94. The number of carboxylic acids is 1. The molecule has 1 N–H and O–H groups in total. The van der Waals surface area contributed by atoms with Crippen LogP contribution >= 0.6 is 11.8 Å². The summed E-state index contributed by atoms with van der Waals surface area (Å²) in [5.41, 5.74) is 0. The summed E-state index contributed by atoms with van der Waals surface area (Å²) in [5, 5.41) is 8.59. The number of carbonyl (C=O) groups is 1. The van der Waals surface area contributed by atoms with Crippen LogP contribution in [0.25, 0.3) is 0 Å². The van der Waals surface area contributed by atoms with E-state index in [2.05, 4.69) is 25.2 Å². The summed E-state index contributed by atoms with van der Waals surface area (Å²) in [6, 6.07) is -0.701. The molecule has 0 bridgehead atoms. The highest BCUT2D eigenvalue weighted by Crippen LogP contribution is 2.03. The maximum Gasteiger partial charge on any atom is 0.372 e. The molecule has 3 nitrogen and oxygen atoms in total. The Hall–Kier alpha value is 0.0600. The van der Waals surface area contributed by atoms with Crippen LogP contribution in [0.1, 0.15) is 6.42 Å². The molecular formula is C5H9NO2S3. The summed E-state index contributed by atoms with van der Waals surface area (Å²) in [4.78, 5) is 10.5. The lowest BCUT2D eigenvalue weighted by atomic mass is 10.2. The van der Waals surface area contributed by atoms with Crippen molar-refractivity contribution < 1.29 is 13.3 Å². The van der Waals surface area contributed by atoms with Crippen LogP contribution in [0, 0.1) is 0 Å². The second-order valence-corrected chi connectivity index (χ2v) is 3.92. The van der Waals surface area contributed by atoms with E-state index >= 15 is 0 Å². The molecule has 0 saturated carbocycles. The van der Waals surface area contributed by atoms with E-state index in [4.69, 9.17) is 5.11 Å². The minimum atomic E-state index is -0.941. The summed E-state index contributed by atoms with van der Waals surface area (Å²) in [6.45, 7) is 0. The lowest BCUT2D eigenvalue weighted by Gasteiger charge is -2.07. The maximum absolute atomic E-state index is 10.5. The predicted molar refractivity (Wildman–Crippen MR) is 49.4 cm³/mol. The highest BCUT2D eigenvalue weighted by molar-refractivity contribution is 7.98. The first kappa shape index (κ1) is 11.1. The largest absolute Gasteiger partial charge is 0.476 e. The van der Waals surface area contributed by atoms with E-state index < -0.39 is 12.0 Å². The number of hydrogen-bond acceptors (Lipinski definition) is 4. The Balaban J connectivity index is 3.90. The van der Waals surface area contributed by atoms with Crippen LogP contribution in [0.3, 0.4) is 0 Å². The Bertz CT molecular complexity index is 148. The molecule has 0 spiro atoms. The molecule has 0 aliphatic carbocycles. The van der Waals surface area contributed by atoms with Gasteiger partial charge in [0.1, 0.15) is 0 Å². The van der Waals surface area contributed by atoms with Gasteiger partial charge in [0, 0.05) is 6.42 Å². The van der Waals surface area contributed by atoms with Crippen LogP contribution in [-0.2, 0) is 30.0 Å². The van der Waals surface area contributed by atoms with E-state index in [-0.39, 0.29) is 0 Å². The molecule has 6 heteroatoms. The average Bonchev–Trinajstić information content (AvgIpc) is 1.87. The fraction of sp³-hybridized carbons (Fsp3) is 0.800. The van der Waals surface area contributed by atoms with E-state index in [0.717, 1.165) is 9.10 Å². The number of carboxylic acid groups (broad SMARTS) is 1. The van der Waals surface area contributed by atoms with E-state index in [1.165, 1.54) is 0 Å². The Morgan fingerprint density at radius 1 is 1.91 bits per heavy atom. The monoisotopic (exact) mass is 211 g/mol. The minimum Gasteiger partial charge on any atom is -0.476 e. The molecule has 0 aliphatic heterocycles. The summed E-state index contributed by atoms with van der Waals surface area (Å²) < 4.78 is 0.901. The van der Waals surface area contributed by atoms with Gasteiger partial charge in [-0.25, -0.2) is 8.15 Å². The smallest absolute Gasteiger partial charge is 0.372 e. The van der Waals surface area contributed by atoms with Crippen LogP contribution in [0.2, 0.25) is 0 Å². The van der Waals surface area contributed by atoms with Gasteiger partial charge in [0.25, 0.3) is 0 Å². The number of rotatable bonds is 5. The normalized spacial score (nSPS) is 12.5. The standard InChI is InChI=1S/C5H9NO2S3/c1-11-3-2-4(5(7)8)6(9)10/h4H,2-3H2,1H3,(H,7,8). The van der Waals surface area contributed by atoms with Gasteiger partial charge in [-0.1, -0.05) is 25.2 Å². The van der Waals surface area contributed by atoms with Gasteiger partial charge in [0.2, 0.25) is 6.04 Å². The molecule has 0 aromatic carbocycles. The lowest BCUT2D eigenvalue weighted by Crippen LogP contribution is -2.29. The van der Waals surface area contributed by atoms with Gasteiger partial charge in [0.15, 0.2) is 0 Å². The highest BCUT2D eigenvalue weighted by Gasteiger charge is 2.22. The zero-order valence-electron chi connectivity index (χ0n) is 6.02. The van der Waals surface area contributed by atoms with Crippen molar-refractivity contribution in [1.82, 2.24) is 0 Å². The first-order chi connectivity index (χ1) is 5.09. The highest BCUT2D eigenvalue weighted by atomic mass is 32.2. The molecule has 0 amide bonds. The Labute approximate surface area is 80.9 Å². The van der Waals surface area contributed by atoms with Gasteiger partial charge in [0.05, 0.1) is 0 Å². The molecule has 0 aromatic heterocycles. The van der Waals surface area contributed by atoms with Gasteiger partial charge in [-0.05, 0) is 12.0 Å². The molecule has 0 aliphatic rings. The Morgan fingerprint density at radius 2 is 2.45 bits per heavy atom. The van der Waals surface area contributed by atoms with Crippen LogP contribution in [-0.4, -0.2) is 32.5 Å². The molecule has 11 heavy (non-hydrogen) atoms. The van der Waals surface area contributed by atoms with Crippen molar-refractivity contribution in [3.8, 4) is 0 Å². The molecule has 0 heterocycles. The Kier molecular flexibility index (Phi) is 5.71. The molecule has 0 aromatic rings. The average molecular weight is 211 g/mol. The fourth-order valence-electron chi connectivity index (χ4n) is 0.549. The number of thioether (sulfide) groups is 1. The zero-order valence-corrected chi connectivity index (χ0v) is 8.47. The number of aliphatic carboxylic acids is 1. The van der Waals surface area contributed by atoms with Crippen LogP contribution in [0.15, 0.2) is 0 Å². The molecule has 0 saturated heterocycles. The molecular weight excluding hydrogens is 202 g/mol. The van der Waals surface area contributed by atoms with E-state index in [1.54, 1.807) is 11.8 Å². The van der Waals surface area contributed by atoms with Crippen molar-refractivity contribution in [3.05, 3.63) is 0 Å². The van der Waals surface area contributed by atoms with E-state index in [9.17, 15) is 4.79 Å². The van der Waals surface area contributed by atoms with Crippen LogP contribution < -0.4 is 0 Å². The molecule has 1 unspecified atom stereocenters. The SMILES string of the molecule is CSCCC(C(=O)O)[N+](=S)[S-]. The summed E-state index contributed by atoms with van der Waals surface area (Å²) >= 11 is 10.7. The molecule has 1 atom stereocenters. The van der Waals surface area contributed by atoms with Gasteiger partial charge < -0.3 is 5.11 Å². The third-order valence-electron chi connectivity index (χ3n) is 1.13. The molecule has 0 rings (SSSR count). The number of hydrogen-bond donors (Lipinski definition) is 1. The van der Waals surface area contributed by atoms with Crippen molar-refractivity contribution in [2.45, 2.75) is 12.5 Å². The van der Waals surface area contributed by atoms with Crippen molar-refractivity contribution in [2.24, 2.45) is 0 Å². The Morgan fingerprint density at radius 3 is 2.73 bits per heavy atom. The second kappa shape index (κ2) is 5.68. The third-order valence-corrected chi connectivity index (χ3v) is 2.29. The van der Waals surface area contributed by atoms with E-state index in [0.29, 0.717) is 6.42 Å². The van der Waals surface area contributed by atoms with Crippen LogP contribution in [0.4, 0.5) is 0 Å². The zero-order chi connectivity index (χ0) is 8.85. The molecule has 0 radical (unpaired) electrons. The maximum atomic E-state index is 10.5. The minimum absolute atomic E-state index is 0.503. The van der Waals surface area contributed by atoms with Crippen LogP contribution in [0.5, 0.6) is 0 Å². The van der Waals surface area contributed by atoms with Gasteiger partial charge in [-0.3, -0.25) is 0 Å². The fourth-order valence-corrected chi connectivity index (χ4v) is 1.40. The lowest BCUT2D eigenvalue weighted by molar-refractivity contribution is -0.356. The predicted octanol–water partition coefficient (Wildman–Crippen LogP) is 0.398. The summed E-state index contributed by atoms with van der Waals surface area (Å²) in [6.07, 6.45) is 2.42. The summed E-state index contributed by atoms with van der Waals surface area (Å²) in [5.74, 6) is -0.176. The van der Waals surface area contributed by atoms with Crippen molar-refractivity contribution in [3.63, 3.8) is 0 Å². The topological polar surface area (TPSA) is 40.3 Å². The quantitative estimate of drug-likeness (QED) is 0.526. The van der Waals surface area contributed by atoms with E-state index in [1.807, 2.05) is 6.26 Å².